The maximum Gasteiger partial charge on any atom is 0.387 e. The van der Waals surface area contributed by atoms with Gasteiger partial charge in [-0.25, -0.2) is 4.79 Å². The molecular weight excluding hydrogens is 382 g/mol. The van der Waals surface area contributed by atoms with Crippen molar-refractivity contribution in [3.05, 3.63) is 23.8 Å². The van der Waals surface area contributed by atoms with Crippen LogP contribution in [0, 0.1) is 11.8 Å². The first-order valence-corrected chi connectivity index (χ1v) is 8.58. The highest BCUT2D eigenvalue weighted by atomic mass is 35.5. The van der Waals surface area contributed by atoms with Crippen LogP contribution in [0.15, 0.2) is 18.2 Å². The van der Waals surface area contributed by atoms with E-state index in [4.69, 9.17) is 0 Å². The van der Waals surface area contributed by atoms with E-state index in [1.54, 1.807) is 0 Å². The van der Waals surface area contributed by atoms with E-state index >= 15 is 0 Å². The number of hydrogen-bond donors (Lipinski definition) is 2. The number of carbonyl (C=O) groups excluding carboxylic acids is 2. The van der Waals surface area contributed by atoms with Gasteiger partial charge in [-0.05, 0) is 56.0 Å². The molecule has 0 aromatic heterocycles. The maximum absolute atomic E-state index is 12.6. The standard InChI is InChI=1S/C18H24F2N2O4.ClH/c1-11(13-4-3-7-21-10-13)8-16(23)22-14-6-5-12(17(24)25-2)9-15(14)26-18(19)20;/h5-6,9,11,13,18,21H,3-4,7-8,10H2,1-2H3,(H,22,23);1H. The number of piperidine rings is 1. The molecular formula is C18H25ClF2N2O4. The molecule has 1 fully saturated rings. The van der Waals surface area contributed by atoms with Crippen molar-refractivity contribution in [1.82, 2.24) is 5.32 Å². The van der Waals surface area contributed by atoms with Crippen molar-refractivity contribution in [2.75, 3.05) is 25.5 Å². The minimum absolute atomic E-state index is 0. The topological polar surface area (TPSA) is 76.7 Å². The lowest BCUT2D eigenvalue weighted by atomic mass is 9.85. The van der Waals surface area contributed by atoms with Crippen molar-refractivity contribution in [2.45, 2.75) is 32.8 Å². The Morgan fingerprint density at radius 3 is 2.70 bits per heavy atom. The number of methoxy groups -OCH3 is 1. The Balaban J connectivity index is 0.00000364. The summed E-state index contributed by atoms with van der Waals surface area (Å²) in [5.74, 6) is -0.666. The largest absolute Gasteiger partial charge is 0.465 e. The molecule has 2 N–H and O–H groups in total. The van der Waals surface area contributed by atoms with E-state index in [1.165, 1.54) is 19.2 Å². The Kier molecular flexibility index (Phi) is 9.45. The van der Waals surface area contributed by atoms with Crippen molar-refractivity contribution in [2.24, 2.45) is 11.8 Å². The molecule has 1 aliphatic rings. The minimum Gasteiger partial charge on any atom is -0.465 e. The highest BCUT2D eigenvalue weighted by Gasteiger charge is 2.23. The van der Waals surface area contributed by atoms with Crippen LogP contribution in [-0.2, 0) is 9.53 Å². The summed E-state index contributed by atoms with van der Waals surface area (Å²) in [5.41, 5.74) is 0.153. The van der Waals surface area contributed by atoms with Crippen molar-refractivity contribution >= 4 is 30.0 Å². The van der Waals surface area contributed by atoms with Crippen molar-refractivity contribution < 1.29 is 27.8 Å². The number of esters is 1. The summed E-state index contributed by atoms with van der Waals surface area (Å²) in [4.78, 5) is 23.9. The second kappa shape index (κ2) is 11.0. The molecule has 2 rings (SSSR count). The third-order valence-electron chi connectivity index (χ3n) is 4.54. The lowest BCUT2D eigenvalue weighted by Crippen LogP contribution is -2.34. The fourth-order valence-electron chi connectivity index (χ4n) is 3.09. The van der Waals surface area contributed by atoms with Gasteiger partial charge >= 0.3 is 12.6 Å². The van der Waals surface area contributed by atoms with Crippen molar-refractivity contribution in [1.29, 1.82) is 0 Å². The molecule has 1 heterocycles. The average Bonchev–Trinajstić information content (AvgIpc) is 2.62. The molecule has 2 atom stereocenters. The Bertz CT molecular complexity index is 640. The van der Waals surface area contributed by atoms with Crippen LogP contribution < -0.4 is 15.4 Å². The molecule has 0 saturated carbocycles. The number of amides is 1. The van der Waals surface area contributed by atoms with Crippen LogP contribution in [0.4, 0.5) is 14.5 Å². The molecule has 1 aliphatic heterocycles. The molecule has 1 amide bonds. The van der Waals surface area contributed by atoms with E-state index in [1.807, 2.05) is 6.92 Å². The predicted octanol–water partition coefficient (Wildman–Crippen LogP) is 3.46. The fourth-order valence-corrected chi connectivity index (χ4v) is 3.09. The summed E-state index contributed by atoms with van der Waals surface area (Å²) in [5, 5.41) is 5.91. The zero-order valence-electron chi connectivity index (χ0n) is 15.3. The van der Waals surface area contributed by atoms with Gasteiger partial charge in [0.15, 0.2) is 0 Å². The minimum atomic E-state index is -3.08. The first-order chi connectivity index (χ1) is 12.4. The van der Waals surface area contributed by atoms with E-state index in [0.29, 0.717) is 5.92 Å². The number of ether oxygens (including phenoxy) is 2. The molecule has 9 heteroatoms. The third kappa shape index (κ3) is 6.95. The normalized spacial score (nSPS) is 17.6. The number of hydrogen-bond acceptors (Lipinski definition) is 5. The number of benzene rings is 1. The van der Waals surface area contributed by atoms with Crippen LogP contribution in [0.1, 0.15) is 36.5 Å². The maximum atomic E-state index is 12.6. The Labute approximate surface area is 163 Å². The lowest BCUT2D eigenvalue weighted by molar-refractivity contribution is -0.117. The molecule has 0 aliphatic carbocycles. The summed E-state index contributed by atoms with van der Waals surface area (Å²) >= 11 is 0. The van der Waals surface area contributed by atoms with Gasteiger partial charge in [0.1, 0.15) is 5.75 Å². The van der Waals surface area contributed by atoms with Crippen LogP contribution in [-0.4, -0.2) is 38.7 Å². The molecule has 6 nitrogen and oxygen atoms in total. The third-order valence-corrected chi connectivity index (χ3v) is 4.54. The highest BCUT2D eigenvalue weighted by Crippen LogP contribution is 2.29. The van der Waals surface area contributed by atoms with Gasteiger partial charge in [0, 0.05) is 6.42 Å². The van der Waals surface area contributed by atoms with Crippen LogP contribution in [0.5, 0.6) is 5.75 Å². The highest BCUT2D eigenvalue weighted by molar-refractivity contribution is 5.95. The second-order valence-corrected chi connectivity index (χ2v) is 6.42. The Morgan fingerprint density at radius 2 is 2.11 bits per heavy atom. The first kappa shape index (κ1) is 23.1. The van der Waals surface area contributed by atoms with Crippen LogP contribution >= 0.6 is 12.4 Å². The van der Waals surface area contributed by atoms with Crippen molar-refractivity contribution in [3.8, 4) is 5.75 Å². The zero-order chi connectivity index (χ0) is 19.1. The van der Waals surface area contributed by atoms with Gasteiger partial charge < -0.3 is 20.1 Å². The van der Waals surface area contributed by atoms with E-state index < -0.39 is 12.6 Å². The van der Waals surface area contributed by atoms with Crippen molar-refractivity contribution in [3.63, 3.8) is 0 Å². The summed E-state index contributed by atoms with van der Waals surface area (Å²) < 4.78 is 34.3. The lowest BCUT2D eigenvalue weighted by Gasteiger charge is -2.28. The van der Waals surface area contributed by atoms with Crippen LogP contribution in [0.3, 0.4) is 0 Å². The number of nitrogens with one attached hydrogen (secondary N) is 2. The van der Waals surface area contributed by atoms with Gasteiger partial charge in [0.25, 0.3) is 0 Å². The van der Waals surface area contributed by atoms with Crippen LogP contribution in [0.2, 0.25) is 0 Å². The number of alkyl halides is 2. The molecule has 27 heavy (non-hydrogen) atoms. The Morgan fingerprint density at radius 1 is 1.37 bits per heavy atom. The van der Waals surface area contributed by atoms with E-state index in [-0.39, 0.29) is 47.7 Å². The first-order valence-electron chi connectivity index (χ1n) is 8.58. The van der Waals surface area contributed by atoms with Gasteiger partial charge in [-0.3, -0.25) is 4.79 Å². The van der Waals surface area contributed by atoms with Gasteiger partial charge in [0.2, 0.25) is 5.91 Å². The summed E-state index contributed by atoms with van der Waals surface area (Å²) in [7, 11) is 1.19. The summed E-state index contributed by atoms with van der Waals surface area (Å²) in [6.07, 6.45) is 2.42. The van der Waals surface area contributed by atoms with Gasteiger partial charge in [-0.2, -0.15) is 8.78 Å². The summed E-state index contributed by atoms with van der Waals surface area (Å²) in [6.45, 7) is 0.803. The van der Waals surface area contributed by atoms with E-state index in [9.17, 15) is 18.4 Å². The van der Waals surface area contributed by atoms with Crippen LogP contribution in [0.25, 0.3) is 0 Å². The fraction of sp³-hybridized carbons (Fsp3) is 0.556. The second-order valence-electron chi connectivity index (χ2n) is 6.42. The molecule has 2 unspecified atom stereocenters. The Hall–Kier alpha value is -1.93. The molecule has 0 bridgehead atoms. The smallest absolute Gasteiger partial charge is 0.387 e. The molecule has 1 saturated heterocycles. The number of carbonyl (C=O) groups is 2. The quantitative estimate of drug-likeness (QED) is 0.678. The van der Waals surface area contributed by atoms with Gasteiger partial charge in [-0.15, -0.1) is 12.4 Å². The van der Waals surface area contributed by atoms with Gasteiger partial charge in [0.05, 0.1) is 18.4 Å². The number of rotatable bonds is 7. The SMILES string of the molecule is COC(=O)c1ccc(NC(=O)CC(C)C2CCCNC2)c(OC(F)F)c1.Cl. The molecule has 0 radical (unpaired) electrons. The zero-order valence-corrected chi connectivity index (χ0v) is 16.1. The monoisotopic (exact) mass is 406 g/mol. The predicted molar refractivity (Wildman–Crippen MR) is 99.7 cm³/mol. The molecule has 152 valence electrons. The molecule has 0 spiro atoms. The summed E-state index contributed by atoms with van der Waals surface area (Å²) in [6, 6.07) is 3.87. The number of halogens is 3. The van der Waals surface area contributed by atoms with Gasteiger partial charge in [-0.1, -0.05) is 6.92 Å². The number of anilines is 1. The molecule has 1 aromatic rings. The molecule has 1 aromatic carbocycles. The van der Waals surface area contributed by atoms with E-state index in [2.05, 4.69) is 20.1 Å². The average molecular weight is 407 g/mol. The van der Waals surface area contributed by atoms with E-state index in [0.717, 1.165) is 32.0 Å².